The number of aldehydes is 1. The number of hydrogen-bond donors (Lipinski definition) is 1. The first-order valence-corrected chi connectivity index (χ1v) is 7.99. The van der Waals surface area contributed by atoms with Crippen LogP contribution in [-0.2, 0) is 0 Å². The summed E-state index contributed by atoms with van der Waals surface area (Å²) in [4.78, 5) is 27.6. The van der Waals surface area contributed by atoms with E-state index in [1.54, 1.807) is 19.1 Å². The fourth-order valence-corrected chi connectivity index (χ4v) is 2.71. The van der Waals surface area contributed by atoms with Crippen molar-refractivity contribution in [2.24, 2.45) is 0 Å². The first-order valence-electron chi connectivity index (χ1n) is 7.99. The zero-order chi connectivity index (χ0) is 17.8. The first-order chi connectivity index (χ1) is 12.1. The van der Waals surface area contributed by atoms with Crippen LogP contribution >= 0.6 is 0 Å². The summed E-state index contributed by atoms with van der Waals surface area (Å²) in [5, 5.41) is 2.91. The molecule has 1 aromatic heterocycles. The van der Waals surface area contributed by atoms with Gasteiger partial charge >= 0.3 is 0 Å². The fourth-order valence-electron chi connectivity index (χ4n) is 2.71. The van der Waals surface area contributed by atoms with E-state index >= 15 is 0 Å². The molecule has 0 saturated carbocycles. The number of nitrogens with one attached hydrogen (secondary N) is 1. The number of nitrogens with zero attached hydrogens (tertiary/aromatic N) is 1. The first kappa shape index (κ1) is 16.6. The van der Waals surface area contributed by atoms with Crippen LogP contribution in [-0.4, -0.2) is 17.2 Å². The lowest BCUT2D eigenvalue weighted by molar-refractivity contribution is 0.102. The molecule has 4 heteroatoms. The van der Waals surface area contributed by atoms with Crippen LogP contribution in [0.5, 0.6) is 0 Å². The molecule has 2 aromatic carbocycles. The minimum Gasteiger partial charge on any atom is -0.320 e. The molecule has 0 atom stereocenters. The highest BCUT2D eigenvalue weighted by molar-refractivity contribution is 6.04. The van der Waals surface area contributed by atoms with Crippen LogP contribution in [0.25, 0.3) is 11.1 Å². The lowest BCUT2D eigenvalue weighted by atomic mass is 9.99. The highest BCUT2D eigenvalue weighted by atomic mass is 16.1. The SMILES string of the molecule is Cc1nc(C(=O)Nc2cccc(-c3ccccc3)c2C)ccc1C=O. The van der Waals surface area contributed by atoms with Crippen LogP contribution in [0.4, 0.5) is 5.69 Å². The van der Waals surface area contributed by atoms with Crippen molar-refractivity contribution in [1.82, 2.24) is 4.98 Å². The zero-order valence-corrected chi connectivity index (χ0v) is 14.1. The van der Waals surface area contributed by atoms with E-state index < -0.39 is 0 Å². The van der Waals surface area contributed by atoms with Crippen molar-refractivity contribution in [2.45, 2.75) is 13.8 Å². The third-order valence-corrected chi connectivity index (χ3v) is 4.15. The van der Waals surface area contributed by atoms with Crippen molar-refractivity contribution in [2.75, 3.05) is 5.32 Å². The van der Waals surface area contributed by atoms with E-state index in [0.29, 0.717) is 11.3 Å². The monoisotopic (exact) mass is 330 g/mol. The van der Waals surface area contributed by atoms with Gasteiger partial charge in [0.05, 0.1) is 0 Å². The van der Waals surface area contributed by atoms with Crippen LogP contribution in [0.1, 0.15) is 32.1 Å². The van der Waals surface area contributed by atoms with Gasteiger partial charge in [0.1, 0.15) is 5.69 Å². The van der Waals surface area contributed by atoms with Crippen LogP contribution < -0.4 is 5.32 Å². The van der Waals surface area contributed by atoms with Crippen LogP contribution in [0, 0.1) is 13.8 Å². The van der Waals surface area contributed by atoms with E-state index in [4.69, 9.17) is 0 Å². The second kappa shape index (κ2) is 7.09. The molecular weight excluding hydrogens is 312 g/mol. The number of aryl methyl sites for hydroxylation is 1. The number of amides is 1. The minimum atomic E-state index is -0.297. The van der Waals surface area contributed by atoms with Crippen LogP contribution in [0.3, 0.4) is 0 Å². The molecule has 1 amide bonds. The Hall–Kier alpha value is -3.27. The Balaban J connectivity index is 1.89. The third kappa shape index (κ3) is 3.48. The van der Waals surface area contributed by atoms with Crippen molar-refractivity contribution < 1.29 is 9.59 Å². The van der Waals surface area contributed by atoms with Gasteiger partial charge in [-0.05, 0) is 48.7 Å². The molecule has 1 heterocycles. The van der Waals surface area contributed by atoms with E-state index in [1.165, 1.54) is 0 Å². The Labute approximate surface area is 146 Å². The molecule has 3 rings (SSSR count). The predicted octanol–water partition coefficient (Wildman–Crippen LogP) is 4.43. The minimum absolute atomic E-state index is 0.285. The molecule has 0 bridgehead atoms. The topological polar surface area (TPSA) is 59.1 Å². The van der Waals surface area contributed by atoms with Crippen molar-refractivity contribution in [3.63, 3.8) is 0 Å². The van der Waals surface area contributed by atoms with Gasteiger partial charge in [-0.15, -0.1) is 0 Å². The van der Waals surface area contributed by atoms with E-state index in [1.807, 2.05) is 55.5 Å². The lowest BCUT2D eigenvalue weighted by Gasteiger charge is -2.13. The van der Waals surface area contributed by atoms with Crippen molar-refractivity contribution in [3.8, 4) is 11.1 Å². The van der Waals surface area contributed by atoms with Gasteiger partial charge in [0, 0.05) is 16.9 Å². The third-order valence-electron chi connectivity index (χ3n) is 4.15. The summed E-state index contributed by atoms with van der Waals surface area (Å²) >= 11 is 0. The van der Waals surface area contributed by atoms with Gasteiger partial charge in [-0.25, -0.2) is 4.98 Å². The van der Waals surface area contributed by atoms with Crippen molar-refractivity contribution in [3.05, 3.63) is 83.2 Å². The maximum absolute atomic E-state index is 12.5. The molecule has 0 saturated heterocycles. The normalized spacial score (nSPS) is 10.3. The summed E-state index contributed by atoms with van der Waals surface area (Å²) in [5.41, 5.74) is 5.21. The van der Waals surface area contributed by atoms with E-state index in [-0.39, 0.29) is 11.6 Å². The van der Waals surface area contributed by atoms with Crippen molar-refractivity contribution in [1.29, 1.82) is 0 Å². The molecule has 0 radical (unpaired) electrons. The number of rotatable bonds is 4. The summed E-state index contributed by atoms with van der Waals surface area (Å²) in [5.74, 6) is -0.297. The number of aromatic nitrogens is 1. The second-order valence-electron chi connectivity index (χ2n) is 5.79. The molecule has 0 aliphatic heterocycles. The second-order valence-corrected chi connectivity index (χ2v) is 5.79. The summed E-state index contributed by atoms with van der Waals surface area (Å²) in [6.45, 7) is 3.69. The summed E-state index contributed by atoms with van der Waals surface area (Å²) in [6, 6.07) is 19.0. The standard InChI is InChI=1S/C21H18N2O2/c1-14-18(16-7-4-3-5-8-16)9-6-10-19(14)23-21(25)20-12-11-17(13-24)15(2)22-20/h3-13H,1-2H3,(H,23,25). The molecule has 4 nitrogen and oxygen atoms in total. The van der Waals surface area contributed by atoms with Gasteiger partial charge in [-0.3, -0.25) is 9.59 Å². The quantitative estimate of drug-likeness (QED) is 0.720. The summed E-state index contributed by atoms with van der Waals surface area (Å²) in [7, 11) is 0. The van der Waals surface area contributed by atoms with Gasteiger partial charge in [0.25, 0.3) is 5.91 Å². The van der Waals surface area contributed by atoms with E-state index in [2.05, 4.69) is 10.3 Å². The molecule has 0 aliphatic carbocycles. The smallest absolute Gasteiger partial charge is 0.274 e. The zero-order valence-electron chi connectivity index (χ0n) is 14.1. The average Bonchev–Trinajstić information content (AvgIpc) is 2.64. The van der Waals surface area contributed by atoms with E-state index in [0.717, 1.165) is 28.7 Å². The van der Waals surface area contributed by atoms with Gasteiger partial charge in [0.2, 0.25) is 0 Å². The van der Waals surface area contributed by atoms with Crippen LogP contribution in [0.2, 0.25) is 0 Å². The maximum atomic E-state index is 12.5. The number of anilines is 1. The summed E-state index contributed by atoms with van der Waals surface area (Å²) in [6.07, 6.45) is 0.734. The Bertz CT molecular complexity index is 934. The number of carbonyl (C=O) groups excluding carboxylic acids is 2. The lowest BCUT2D eigenvalue weighted by Crippen LogP contribution is -2.15. The highest BCUT2D eigenvalue weighted by Crippen LogP contribution is 2.28. The van der Waals surface area contributed by atoms with E-state index in [9.17, 15) is 9.59 Å². The number of benzene rings is 2. The molecule has 0 aliphatic rings. The molecule has 25 heavy (non-hydrogen) atoms. The average molecular weight is 330 g/mol. The maximum Gasteiger partial charge on any atom is 0.274 e. The van der Waals surface area contributed by atoms with Gasteiger partial charge < -0.3 is 5.32 Å². The van der Waals surface area contributed by atoms with Gasteiger partial charge in [-0.1, -0.05) is 42.5 Å². The fraction of sp³-hybridized carbons (Fsp3) is 0.0952. The van der Waals surface area contributed by atoms with Gasteiger partial charge in [0.15, 0.2) is 6.29 Å². The Morgan fingerprint density at radius 3 is 2.40 bits per heavy atom. The number of pyridine rings is 1. The van der Waals surface area contributed by atoms with Crippen LogP contribution in [0.15, 0.2) is 60.7 Å². The molecule has 0 spiro atoms. The number of hydrogen-bond acceptors (Lipinski definition) is 3. The predicted molar refractivity (Wildman–Crippen MR) is 98.9 cm³/mol. The number of carbonyl (C=O) groups is 2. The molecule has 1 N–H and O–H groups in total. The molecule has 3 aromatic rings. The largest absolute Gasteiger partial charge is 0.320 e. The van der Waals surface area contributed by atoms with Crippen molar-refractivity contribution >= 4 is 17.9 Å². The Kier molecular flexibility index (Phi) is 4.70. The molecule has 124 valence electrons. The Morgan fingerprint density at radius 1 is 0.960 bits per heavy atom. The summed E-state index contributed by atoms with van der Waals surface area (Å²) < 4.78 is 0. The molecule has 0 fully saturated rings. The highest BCUT2D eigenvalue weighted by Gasteiger charge is 2.12. The molecular formula is C21H18N2O2. The Morgan fingerprint density at radius 2 is 1.72 bits per heavy atom. The van der Waals surface area contributed by atoms with Gasteiger partial charge in [-0.2, -0.15) is 0 Å². The molecule has 0 unspecified atom stereocenters.